The molecular formula is C21H17Cl3N2O3S. The van der Waals surface area contributed by atoms with E-state index in [1.807, 2.05) is 0 Å². The molecule has 3 aromatic rings. The van der Waals surface area contributed by atoms with Crippen LogP contribution < -0.4 is 9.62 Å². The van der Waals surface area contributed by atoms with Gasteiger partial charge < -0.3 is 5.32 Å². The number of para-hydroxylation sites is 1. The summed E-state index contributed by atoms with van der Waals surface area (Å²) >= 11 is 18.4. The molecule has 3 aromatic carbocycles. The van der Waals surface area contributed by atoms with E-state index in [0.29, 0.717) is 16.3 Å². The fourth-order valence-corrected chi connectivity index (χ4v) is 4.97. The zero-order valence-corrected chi connectivity index (χ0v) is 18.9. The Morgan fingerprint density at radius 1 is 0.867 bits per heavy atom. The molecule has 1 amide bonds. The maximum atomic E-state index is 13.4. The summed E-state index contributed by atoms with van der Waals surface area (Å²) in [6.07, 6.45) is 0. The van der Waals surface area contributed by atoms with E-state index in [2.05, 4.69) is 5.32 Å². The third-order valence-corrected chi connectivity index (χ3v) is 7.17. The highest BCUT2D eigenvalue weighted by Gasteiger charge is 2.29. The van der Waals surface area contributed by atoms with Crippen molar-refractivity contribution in [2.24, 2.45) is 0 Å². The monoisotopic (exact) mass is 482 g/mol. The van der Waals surface area contributed by atoms with Crippen molar-refractivity contribution in [2.75, 3.05) is 16.2 Å². The van der Waals surface area contributed by atoms with Gasteiger partial charge in [-0.15, -0.1) is 0 Å². The summed E-state index contributed by atoms with van der Waals surface area (Å²) < 4.78 is 27.8. The van der Waals surface area contributed by atoms with E-state index in [1.54, 1.807) is 61.5 Å². The van der Waals surface area contributed by atoms with Crippen LogP contribution in [0.5, 0.6) is 0 Å². The Kier molecular flexibility index (Phi) is 6.93. The number of benzene rings is 3. The quantitative estimate of drug-likeness (QED) is 0.482. The van der Waals surface area contributed by atoms with Crippen molar-refractivity contribution in [3.63, 3.8) is 0 Å². The molecule has 0 aliphatic carbocycles. The molecule has 0 heterocycles. The van der Waals surface area contributed by atoms with Crippen LogP contribution in [0.25, 0.3) is 0 Å². The van der Waals surface area contributed by atoms with Crippen molar-refractivity contribution < 1.29 is 13.2 Å². The lowest BCUT2D eigenvalue weighted by atomic mass is 10.2. The molecule has 0 aliphatic heterocycles. The van der Waals surface area contributed by atoms with Gasteiger partial charge >= 0.3 is 0 Å². The highest BCUT2D eigenvalue weighted by atomic mass is 35.5. The number of nitrogens with zero attached hydrogens (tertiary/aromatic N) is 1. The highest BCUT2D eigenvalue weighted by Crippen LogP contribution is 2.32. The van der Waals surface area contributed by atoms with E-state index in [-0.39, 0.29) is 20.6 Å². The third kappa shape index (κ3) is 4.73. The Morgan fingerprint density at radius 3 is 2.07 bits per heavy atom. The van der Waals surface area contributed by atoms with Crippen LogP contribution in [-0.2, 0) is 14.8 Å². The summed E-state index contributed by atoms with van der Waals surface area (Å²) in [6, 6.07) is 17.5. The van der Waals surface area contributed by atoms with Gasteiger partial charge in [0.25, 0.3) is 10.0 Å². The Morgan fingerprint density at radius 2 is 1.43 bits per heavy atom. The number of hydrogen-bond acceptors (Lipinski definition) is 3. The fraction of sp³-hybridized carbons (Fsp3) is 0.0952. The standard InChI is InChI=1S/C21H17Cl3N2O3S/c1-14-16(22)9-6-12-19(14)26(30(28,29)15-7-3-2-4-8-15)13-20(27)25-21-17(23)10-5-11-18(21)24/h2-12H,13H2,1H3,(H,25,27). The predicted molar refractivity (Wildman–Crippen MR) is 122 cm³/mol. The first-order chi connectivity index (χ1) is 14.2. The molecule has 0 spiro atoms. The fourth-order valence-electron chi connectivity index (χ4n) is 2.81. The summed E-state index contributed by atoms with van der Waals surface area (Å²) in [6.45, 7) is 1.19. The zero-order valence-electron chi connectivity index (χ0n) is 15.8. The topological polar surface area (TPSA) is 66.5 Å². The molecule has 0 fully saturated rings. The largest absolute Gasteiger partial charge is 0.322 e. The van der Waals surface area contributed by atoms with Gasteiger partial charge in [0.05, 0.1) is 26.3 Å². The lowest BCUT2D eigenvalue weighted by Crippen LogP contribution is -2.38. The minimum atomic E-state index is -4.05. The molecular weight excluding hydrogens is 467 g/mol. The predicted octanol–water partition coefficient (Wildman–Crippen LogP) is 5.79. The Bertz CT molecular complexity index is 1170. The maximum Gasteiger partial charge on any atom is 0.264 e. The van der Waals surface area contributed by atoms with E-state index >= 15 is 0 Å². The molecule has 5 nitrogen and oxygen atoms in total. The number of sulfonamides is 1. The van der Waals surface area contributed by atoms with Crippen LogP contribution in [0, 0.1) is 6.92 Å². The average Bonchev–Trinajstić information content (AvgIpc) is 2.72. The van der Waals surface area contributed by atoms with Gasteiger partial charge in [-0.05, 0) is 48.9 Å². The van der Waals surface area contributed by atoms with E-state index in [0.717, 1.165) is 4.31 Å². The van der Waals surface area contributed by atoms with Crippen LogP contribution in [0.4, 0.5) is 11.4 Å². The van der Waals surface area contributed by atoms with Gasteiger partial charge in [0.2, 0.25) is 5.91 Å². The summed E-state index contributed by atoms with van der Waals surface area (Å²) in [5.41, 5.74) is 1.04. The van der Waals surface area contributed by atoms with Gasteiger partial charge in [0, 0.05) is 5.02 Å². The molecule has 156 valence electrons. The first-order valence-corrected chi connectivity index (χ1v) is 11.4. The third-order valence-electron chi connectivity index (χ3n) is 4.35. The van der Waals surface area contributed by atoms with Crippen LogP contribution in [0.3, 0.4) is 0 Å². The van der Waals surface area contributed by atoms with E-state index < -0.39 is 22.5 Å². The number of nitrogens with one attached hydrogen (secondary N) is 1. The van der Waals surface area contributed by atoms with Crippen LogP contribution in [0.1, 0.15) is 5.56 Å². The highest BCUT2D eigenvalue weighted by molar-refractivity contribution is 7.92. The normalized spacial score (nSPS) is 11.2. The van der Waals surface area contributed by atoms with Crippen molar-refractivity contribution in [1.29, 1.82) is 0 Å². The summed E-state index contributed by atoms with van der Waals surface area (Å²) in [4.78, 5) is 12.9. The molecule has 30 heavy (non-hydrogen) atoms. The summed E-state index contributed by atoms with van der Waals surface area (Å²) in [5.74, 6) is -0.608. The van der Waals surface area contributed by atoms with Crippen molar-refractivity contribution in [3.05, 3.63) is 87.4 Å². The van der Waals surface area contributed by atoms with E-state index in [4.69, 9.17) is 34.8 Å². The Balaban J connectivity index is 2.02. The van der Waals surface area contributed by atoms with Gasteiger partial charge in [-0.2, -0.15) is 0 Å². The van der Waals surface area contributed by atoms with Gasteiger partial charge in [-0.3, -0.25) is 9.10 Å². The molecule has 0 bridgehead atoms. The van der Waals surface area contributed by atoms with Crippen molar-refractivity contribution in [2.45, 2.75) is 11.8 Å². The second-order valence-corrected chi connectivity index (χ2v) is 9.44. The van der Waals surface area contributed by atoms with Crippen LogP contribution >= 0.6 is 34.8 Å². The average molecular weight is 484 g/mol. The lowest BCUT2D eigenvalue weighted by molar-refractivity contribution is -0.114. The molecule has 1 N–H and O–H groups in total. The Labute approximate surface area is 190 Å². The van der Waals surface area contributed by atoms with Crippen LogP contribution in [0.2, 0.25) is 15.1 Å². The van der Waals surface area contributed by atoms with E-state index in [1.165, 1.54) is 12.1 Å². The molecule has 0 radical (unpaired) electrons. The van der Waals surface area contributed by atoms with Crippen molar-refractivity contribution >= 4 is 62.1 Å². The first-order valence-electron chi connectivity index (χ1n) is 8.78. The number of rotatable bonds is 6. The number of anilines is 2. The zero-order chi connectivity index (χ0) is 21.9. The first kappa shape index (κ1) is 22.4. The SMILES string of the molecule is Cc1c(Cl)cccc1N(CC(=O)Nc1c(Cl)cccc1Cl)S(=O)(=O)c1ccccc1. The lowest BCUT2D eigenvalue weighted by Gasteiger charge is -2.26. The van der Waals surface area contributed by atoms with Crippen molar-refractivity contribution in [3.8, 4) is 0 Å². The number of carbonyl (C=O) groups excluding carboxylic acids is 1. The number of carbonyl (C=O) groups is 1. The molecule has 0 atom stereocenters. The molecule has 3 rings (SSSR count). The molecule has 0 aromatic heterocycles. The maximum absolute atomic E-state index is 13.4. The van der Waals surface area contributed by atoms with Gasteiger partial charge in [0.1, 0.15) is 6.54 Å². The van der Waals surface area contributed by atoms with Gasteiger partial charge in [-0.1, -0.05) is 65.1 Å². The van der Waals surface area contributed by atoms with Gasteiger partial charge in [0.15, 0.2) is 0 Å². The minimum absolute atomic E-state index is 0.0490. The molecule has 0 aliphatic rings. The number of hydrogen-bond donors (Lipinski definition) is 1. The minimum Gasteiger partial charge on any atom is -0.322 e. The molecule has 9 heteroatoms. The molecule has 0 unspecified atom stereocenters. The van der Waals surface area contributed by atoms with Crippen LogP contribution in [-0.4, -0.2) is 20.9 Å². The smallest absolute Gasteiger partial charge is 0.264 e. The van der Waals surface area contributed by atoms with Crippen molar-refractivity contribution in [1.82, 2.24) is 0 Å². The summed E-state index contributed by atoms with van der Waals surface area (Å²) in [7, 11) is -4.05. The second-order valence-electron chi connectivity index (χ2n) is 6.35. The summed E-state index contributed by atoms with van der Waals surface area (Å²) in [5, 5.41) is 3.46. The number of halogens is 3. The molecule has 0 saturated carbocycles. The van der Waals surface area contributed by atoms with Crippen LogP contribution in [0.15, 0.2) is 71.6 Å². The number of amides is 1. The van der Waals surface area contributed by atoms with Gasteiger partial charge in [-0.25, -0.2) is 8.42 Å². The Hall–Kier alpha value is -2.25. The second kappa shape index (κ2) is 9.27. The molecule has 0 saturated heterocycles. The van der Waals surface area contributed by atoms with E-state index in [9.17, 15) is 13.2 Å².